The number of halogens is 2. The van der Waals surface area contributed by atoms with E-state index in [2.05, 4.69) is 10.3 Å². The maximum Gasteiger partial charge on any atom is 0.274 e. The first-order chi connectivity index (χ1) is 10.2. The number of nitrogens with one attached hydrogen (secondary N) is 1. The van der Waals surface area contributed by atoms with Gasteiger partial charge in [-0.2, -0.15) is 0 Å². The molecule has 0 bridgehead atoms. The van der Waals surface area contributed by atoms with Gasteiger partial charge in [0.25, 0.3) is 5.91 Å². The van der Waals surface area contributed by atoms with Crippen LogP contribution in [-0.4, -0.2) is 69.5 Å². The zero-order valence-corrected chi connectivity index (χ0v) is 14.5. The van der Waals surface area contributed by atoms with Gasteiger partial charge in [-0.05, 0) is 6.42 Å². The van der Waals surface area contributed by atoms with Crippen molar-refractivity contribution in [2.75, 3.05) is 32.8 Å². The molecule has 0 saturated carbocycles. The van der Waals surface area contributed by atoms with Crippen molar-refractivity contribution in [3.05, 3.63) is 17.7 Å². The lowest BCUT2D eigenvalue weighted by Gasteiger charge is -2.34. The van der Waals surface area contributed by atoms with Crippen LogP contribution in [0.3, 0.4) is 0 Å². The van der Waals surface area contributed by atoms with Gasteiger partial charge in [-0.25, -0.2) is 4.98 Å². The number of amides is 1. The molecule has 2 aliphatic heterocycles. The Bertz CT molecular complexity index is 503. The van der Waals surface area contributed by atoms with Crippen LogP contribution in [0.25, 0.3) is 0 Å². The van der Waals surface area contributed by atoms with E-state index in [9.17, 15) is 9.90 Å². The van der Waals surface area contributed by atoms with E-state index in [1.807, 2.05) is 10.8 Å². The number of carbonyl (C=O) groups excluding carboxylic acids is 1. The van der Waals surface area contributed by atoms with Crippen molar-refractivity contribution in [1.82, 2.24) is 19.8 Å². The Labute approximate surface area is 147 Å². The van der Waals surface area contributed by atoms with Gasteiger partial charge >= 0.3 is 0 Å². The van der Waals surface area contributed by atoms with E-state index in [-0.39, 0.29) is 49.8 Å². The summed E-state index contributed by atoms with van der Waals surface area (Å²) in [6.45, 7) is 3.39. The fourth-order valence-corrected chi connectivity index (χ4v) is 3.01. The molecule has 1 fully saturated rings. The number of β-amino-alcohol motifs (C(OH)–C–C–N with tert-alkyl or cyclic N) is 1. The number of aliphatic hydroxyl groups is 2. The summed E-state index contributed by atoms with van der Waals surface area (Å²) >= 11 is 0. The van der Waals surface area contributed by atoms with Gasteiger partial charge in [-0.1, -0.05) is 0 Å². The number of imidazole rings is 1. The summed E-state index contributed by atoms with van der Waals surface area (Å²) in [5.41, 5.74) is 0.460. The van der Waals surface area contributed by atoms with Gasteiger partial charge < -0.3 is 25.0 Å². The second-order valence-corrected chi connectivity index (χ2v) is 5.79. The smallest absolute Gasteiger partial charge is 0.274 e. The number of nitrogens with zero attached hydrogens (tertiary/aromatic N) is 3. The zero-order chi connectivity index (χ0) is 14.8. The van der Waals surface area contributed by atoms with Crippen molar-refractivity contribution in [2.45, 2.75) is 25.5 Å². The van der Waals surface area contributed by atoms with Gasteiger partial charge in [0, 0.05) is 57.9 Å². The molecular weight excluding hydrogens is 343 g/mol. The number of hydrogen-bond donors (Lipinski definition) is 3. The molecule has 0 spiro atoms. The molecule has 0 radical (unpaired) electrons. The first kappa shape index (κ1) is 20.2. The van der Waals surface area contributed by atoms with Crippen LogP contribution < -0.4 is 5.32 Å². The molecule has 0 aromatic carbocycles. The molecule has 2 atom stereocenters. The molecule has 1 aromatic rings. The molecule has 1 saturated heterocycles. The van der Waals surface area contributed by atoms with Crippen molar-refractivity contribution >= 4 is 30.7 Å². The van der Waals surface area contributed by atoms with Crippen molar-refractivity contribution in [3.8, 4) is 0 Å². The number of rotatable bonds is 2. The van der Waals surface area contributed by atoms with E-state index in [0.29, 0.717) is 18.7 Å². The van der Waals surface area contributed by atoms with Gasteiger partial charge in [0.05, 0.1) is 6.10 Å². The fourth-order valence-electron chi connectivity index (χ4n) is 3.01. The van der Waals surface area contributed by atoms with Crippen molar-refractivity contribution in [2.24, 2.45) is 5.92 Å². The number of aromatic nitrogens is 2. The van der Waals surface area contributed by atoms with Crippen molar-refractivity contribution in [1.29, 1.82) is 0 Å². The molecule has 3 N–H and O–H groups in total. The minimum absolute atomic E-state index is 0. The number of likely N-dealkylation sites (tertiary alicyclic amines) is 1. The number of carbonyl (C=O) groups is 1. The average Bonchev–Trinajstić information content (AvgIpc) is 2.77. The molecule has 23 heavy (non-hydrogen) atoms. The molecule has 3 rings (SSSR count). The molecule has 1 aromatic heterocycles. The topological polar surface area (TPSA) is 90.6 Å². The molecular formula is C14H24Cl2N4O3. The zero-order valence-electron chi connectivity index (χ0n) is 12.8. The lowest BCUT2D eigenvalue weighted by atomic mass is 9.94. The molecule has 0 unspecified atom stereocenters. The van der Waals surface area contributed by atoms with E-state index in [0.717, 1.165) is 31.9 Å². The summed E-state index contributed by atoms with van der Waals surface area (Å²) in [7, 11) is 0. The predicted octanol–water partition coefficient (Wildman–Crippen LogP) is -0.312. The minimum atomic E-state index is -0.655. The summed E-state index contributed by atoms with van der Waals surface area (Å²) in [5, 5.41) is 22.4. The average molecular weight is 367 g/mol. The summed E-state index contributed by atoms with van der Waals surface area (Å²) in [5.74, 6) is 0.687. The van der Waals surface area contributed by atoms with Gasteiger partial charge in [0.2, 0.25) is 0 Å². The number of hydrogen-bond acceptors (Lipinski definition) is 5. The third-order valence-electron chi connectivity index (χ3n) is 4.38. The Balaban J connectivity index is 0.00000132. The Morgan fingerprint density at radius 2 is 2.13 bits per heavy atom. The van der Waals surface area contributed by atoms with Crippen LogP contribution in [0.4, 0.5) is 0 Å². The highest BCUT2D eigenvalue weighted by atomic mass is 35.5. The highest BCUT2D eigenvalue weighted by Gasteiger charge is 2.31. The summed E-state index contributed by atoms with van der Waals surface area (Å²) in [4.78, 5) is 18.6. The van der Waals surface area contributed by atoms with Crippen LogP contribution in [0.1, 0.15) is 22.7 Å². The highest BCUT2D eigenvalue weighted by molar-refractivity contribution is 5.92. The van der Waals surface area contributed by atoms with Crippen LogP contribution in [0.15, 0.2) is 6.20 Å². The van der Waals surface area contributed by atoms with Crippen LogP contribution in [0, 0.1) is 5.92 Å². The Kier molecular flexibility index (Phi) is 7.76. The molecule has 9 heteroatoms. The molecule has 2 aliphatic rings. The molecule has 132 valence electrons. The third kappa shape index (κ3) is 4.36. The number of fused-ring (bicyclic) bond motifs is 1. The molecule has 0 aliphatic carbocycles. The lowest BCUT2D eigenvalue weighted by molar-refractivity contribution is 0.000670. The quantitative estimate of drug-likeness (QED) is 0.667. The third-order valence-corrected chi connectivity index (χ3v) is 4.38. The standard InChI is InChI=1S/C14H22N4O3.2ClH/c19-9-10-2-5-18(8-12(10)20)14(21)11-7-17-6-4-15-3-1-13(17)16-11;;/h7,10,12,15,19-20H,1-6,8-9H2;2*1H/t10-,12+;;/m1../s1. The van der Waals surface area contributed by atoms with E-state index >= 15 is 0 Å². The molecule has 1 amide bonds. The van der Waals surface area contributed by atoms with E-state index in [1.165, 1.54) is 0 Å². The van der Waals surface area contributed by atoms with Gasteiger partial charge in [-0.3, -0.25) is 4.79 Å². The van der Waals surface area contributed by atoms with Crippen LogP contribution in [-0.2, 0) is 13.0 Å². The summed E-state index contributed by atoms with van der Waals surface area (Å²) < 4.78 is 2.03. The van der Waals surface area contributed by atoms with Crippen molar-refractivity contribution < 1.29 is 15.0 Å². The van der Waals surface area contributed by atoms with E-state index < -0.39 is 6.10 Å². The van der Waals surface area contributed by atoms with Crippen LogP contribution >= 0.6 is 24.8 Å². The van der Waals surface area contributed by atoms with E-state index in [4.69, 9.17) is 5.11 Å². The Morgan fingerprint density at radius 1 is 1.35 bits per heavy atom. The molecule has 7 nitrogen and oxygen atoms in total. The number of piperidine rings is 1. The Morgan fingerprint density at radius 3 is 2.83 bits per heavy atom. The van der Waals surface area contributed by atoms with Crippen LogP contribution in [0.5, 0.6) is 0 Å². The number of aliphatic hydroxyl groups excluding tert-OH is 2. The normalized spacial score (nSPS) is 24.0. The highest BCUT2D eigenvalue weighted by Crippen LogP contribution is 2.19. The van der Waals surface area contributed by atoms with Crippen LogP contribution in [0.2, 0.25) is 0 Å². The fraction of sp³-hybridized carbons (Fsp3) is 0.714. The largest absolute Gasteiger partial charge is 0.396 e. The molecule has 3 heterocycles. The summed E-state index contributed by atoms with van der Waals surface area (Å²) in [6, 6.07) is 0. The lowest BCUT2D eigenvalue weighted by Crippen LogP contribution is -2.47. The maximum absolute atomic E-state index is 12.5. The van der Waals surface area contributed by atoms with Gasteiger partial charge in [0.1, 0.15) is 11.5 Å². The first-order valence-electron chi connectivity index (χ1n) is 7.54. The monoisotopic (exact) mass is 366 g/mol. The second-order valence-electron chi connectivity index (χ2n) is 5.79. The predicted molar refractivity (Wildman–Crippen MR) is 90.4 cm³/mol. The maximum atomic E-state index is 12.5. The van der Waals surface area contributed by atoms with E-state index in [1.54, 1.807) is 4.90 Å². The summed E-state index contributed by atoms with van der Waals surface area (Å²) in [6.07, 6.45) is 2.61. The van der Waals surface area contributed by atoms with Gasteiger partial charge in [0.15, 0.2) is 0 Å². The second kappa shape index (κ2) is 8.84. The van der Waals surface area contributed by atoms with Crippen molar-refractivity contribution in [3.63, 3.8) is 0 Å². The minimum Gasteiger partial charge on any atom is -0.396 e. The van der Waals surface area contributed by atoms with Gasteiger partial charge in [-0.15, -0.1) is 24.8 Å². The SMILES string of the molecule is Cl.Cl.O=C(c1cn2c(n1)CCNCC2)N1CC[C@H](CO)[C@@H](O)C1. The first-order valence-corrected chi connectivity index (χ1v) is 7.54. The Hall–Kier alpha value is -0.860.